The smallest absolute Gasteiger partial charge is 0.0779 e. The van der Waals surface area contributed by atoms with E-state index < -0.39 is 0 Å². The van der Waals surface area contributed by atoms with E-state index in [1.54, 1.807) is 0 Å². The fourth-order valence-electron chi connectivity index (χ4n) is 3.01. The van der Waals surface area contributed by atoms with Gasteiger partial charge in [-0.2, -0.15) is 0 Å². The van der Waals surface area contributed by atoms with Gasteiger partial charge < -0.3 is 15.0 Å². The molecule has 0 saturated carbocycles. The normalized spacial score (nSPS) is 32.1. The number of piperidine rings is 1. The molecule has 0 aromatic carbocycles. The van der Waals surface area contributed by atoms with Gasteiger partial charge in [0.2, 0.25) is 0 Å². The molecule has 3 nitrogen and oxygen atoms in total. The summed E-state index contributed by atoms with van der Waals surface area (Å²) < 4.78 is 5.82. The van der Waals surface area contributed by atoms with Gasteiger partial charge >= 0.3 is 0 Å². The van der Waals surface area contributed by atoms with Crippen LogP contribution in [0, 0.1) is 0 Å². The van der Waals surface area contributed by atoms with Crippen LogP contribution < -0.4 is 5.32 Å². The first kappa shape index (κ1) is 13.3. The summed E-state index contributed by atoms with van der Waals surface area (Å²) in [4.78, 5) is 2.59. The molecule has 0 spiro atoms. The average Bonchev–Trinajstić information content (AvgIpc) is 2.76. The van der Waals surface area contributed by atoms with Crippen LogP contribution in [0.5, 0.6) is 0 Å². The van der Waals surface area contributed by atoms with Crippen LogP contribution in [0.3, 0.4) is 0 Å². The fraction of sp³-hybridized carbons (Fsp3) is 1.00. The van der Waals surface area contributed by atoms with E-state index in [2.05, 4.69) is 24.1 Å². The van der Waals surface area contributed by atoms with Crippen molar-refractivity contribution in [3.63, 3.8) is 0 Å². The molecule has 3 heteroatoms. The minimum absolute atomic E-state index is 0.112. The molecule has 2 fully saturated rings. The van der Waals surface area contributed by atoms with Crippen molar-refractivity contribution < 1.29 is 4.74 Å². The monoisotopic (exact) mass is 240 g/mol. The second-order valence-corrected chi connectivity index (χ2v) is 5.90. The number of nitrogens with one attached hydrogen (secondary N) is 1. The summed E-state index contributed by atoms with van der Waals surface area (Å²) in [7, 11) is 0. The van der Waals surface area contributed by atoms with Gasteiger partial charge in [-0.25, -0.2) is 0 Å². The average molecular weight is 240 g/mol. The summed E-state index contributed by atoms with van der Waals surface area (Å²) in [6.07, 6.45) is 6.33. The zero-order valence-corrected chi connectivity index (χ0v) is 11.5. The molecule has 2 saturated heterocycles. The molecule has 2 aliphatic heterocycles. The molecule has 0 aromatic heterocycles. The summed E-state index contributed by atoms with van der Waals surface area (Å²) in [5.41, 5.74) is 0.112. The van der Waals surface area contributed by atoms with Gasteiger partial charge in [0.05, 0.1) is 5.60 Å². The Labute approximate surface area is 106 Å². The van der Waals surface area contributed by atoms with Crippen LogP contribution in [0.4, 0.5) is 0 Å². The van der Waals surface area contributed by atoms with Gasteiger partial charge in [0, 0.05) is 19.2 Å². The number of hydrogen-bond acceptors (Lipinski definition) is 3. The molecule has 2 heterocycles. The molecule has 17 heavy (non-hydrogen) atoms. The SMILES string of the molecule is CCCN1CCC(NCC2(C)CCCO2)CC1. The van der Waals surface area contributed by atoms with Gasteiger partial charge in [-0.15, -0.1) is 0 Å². The maximum absolute atomic E-state index is 5.82. The molecule has 1 unspecified atom stereocenters. The maximum atomic E-state index is 5.82. The zero-order valence-electron chi connectivity index (χ0n) is 11.5. The van der Waals surface area contributed by atoms with Crippen molar-refractivity contribution in [2.75, 3.05) is 32.8 Å². The van der Waals surface area contributed by atoms with Crippen molar-refractivity contribution in [2.45, 2.75) is 57.6 Å². The molecule has 1 N–H and O–H groups in total. The molecule has 0 radical (unpaired) electrons. The van der Waals surface area contributed by atoms with E-state index in [0.717, 1.165) is 13.2 Å². The summed E-state index contributed by atoms with van der Waals surface area (Å²) in [5, 5.41) is 3.72. The topological polar surface area (TPSA) is 24.5 Å². The lowest BCUT2D eigenvalue weighted by Crippen LogP contribution is -2.47. The second-order valence-electron chi connectivity index (χ2n) is 5.90. The minimum Gasteiger partial charge on any atom is -0.374 e. The van der Waals surface area contributed by atoms with E-state index in [0.29, 0.717) is 6.04 Å². The van der Waals surface area contributed by atoms with Crippen molar-refractivity contribution in [1.29, 1.82) is 0 Å². The first-order valence-electron chi connectivity index (χ1n) is 7.31. The Morgan fingerprint density at radius 2 is 2.12 bits per heavy atom. The molecule has 0 aromatic rings. The number of likely N-dealkylation sites (tertiary alicyclic amines) is 1. The predicted octanol–water partition coefficient (Wildman–Crippen LogP) is 2.02. The Morgan fingerprint density at radius 3 is 2.71 bits per heavy atom. The third-order valence-electron chi connectivity index (χ3n) is 4.19. The molecule has 100 valence electrons. The molecule has 2 aliphatic rings. The van der Waals surface area contributed by atoms with E-state index in [-0.39, 0.29) is 5.60 Å². The van der Waals surface area contributed by atoms with Crippen LogP contribution >= 0.6 is 0 Å². The first-order chi connectivity index (χ1) is 8.22. The molecule has 2 rings (SSSR count). The molecular weight excluding hydrogens is 212 g/mol. The van der Waals surface area contributed by atoms with Crippen LogP contribution in [-0.2, 0) is 4.74 Å². The summed E-state index contributed by atoms with van der Waals surface area (Å²) in [6.45, 7) is 10.3. The van der Waals surface area contributed by atoms with Crippen molar-refractivity contribution in [3.8, 4) is 0 Å². The number of rotatable bonds is 5. The molecule has 0 amide bonds. The highest BCUT2D eigenvalue weighted by Crippen LogP contribution is 2.24. The van der Waals surface area contributed by atoms with Gasteiger partial charge in [-0.3, -0.25) is 0 Å². The fourth-order valence-corrected chi connectivity index (χ4v) is 3.01. The predicted molar refractivity (Wildman–Crippen MR) is 71.3 cm³/mol. The van der Waals surface area contributed by atoms with Crippen LogP contribution in [0.15, 0.2) is 0 Å². The van der Waals surface area contributed by atoms with Crippen molar-refractivity contribution in [1.82, 2.24) is 10.2 Å². The first-order valence-corrected chi connectivity index (χ1v) is 7.31. The van der Waals surface area contributed by atoms with Crippen molar-refractivity contribution >= 4 is 0 Å². The second kappa shape index (κ2) is 6.17. The zero-order chi connectivity index (χ0) is 12.1. The highest BCUT2D eigenvalue weighted by Gasteiger charge is 2.30. The number of hydrogen-bond donors (Lipinski definition) is 1. The van der Waals surface area contributed by atoms with E-state index in [9.17, 15) is 0 Å². The molecule has 1 atom stereocenters. The largest absolute Gasteiger partial charge is 0.374 e. The van der Waals surface area contributed by atoms with Crippen LogP contribution in [-0.4, -0.2) is 49.3 Å². The Bertz CT molecular complexity index is 218. The van der Waals surface area contributed by atoms with Gasteiger partial charge in [-0.05, 0) is 58.7 Å². The summed E-state index contributed by atoms with van der Waals surface area (Å²) >= 11 is 0. The molecule has 0 aliphatic carbocycles. The lowest BCUT2D eigenvalue weighted by Gasteiger charge is -2.34. The van der Waals surface area contributed by atoms with Crippen molar-refractivity contribution in [2.24, 2.45) is 0 Å². The van der Waals surface area contributed by atoms with Crippen LogP contribution in [0.1, 0.15) is 46.0 Å². The number of ether oxygens (including phenoxy) is 1. The van der Waals surface area contributed by atoms with Gasteiger partial charge in [0.15, 0.2) is 0 Å². The third kappa shape index (κ3) is 3.94. The summed E-state index contributed by atoms with van der Waals surface area (Å²) in [5.74, 6) is 0. The standard InChI is InChI=1S/C14H28N2O/c1-3-8-16-9-5-13(6-10-16)15-12-14(2)7-4-11-17-14/h13,15H,3-12H2,1-2H3. The van der Waals surface area contributed by atoms with Gasteiger partial charge in [0.1, 0.15) is 0 Å². The Balaban J connectivity index is 1.64. The minimum atomic E-state index is 0.112. The Hall–Kier alpha value is -0.120. The quantitative estimate of drug-likeness (QED) is 0.795. The van der Waals surface area contributed by atoms with Gasteiger partial charge in [-0.1, -0.05) is 6.92 Å². The van der Waals surface area contributed by atoms with E-state index in [1.807, 2.05) is 0 Å². The maximum Gasteiger partial charge on any atom is 0.0779 e. The Kier molecular flexibility index (Phi) is 4.83. The van der Waals surface area contributed by atoms with E-state index in [1.165, 1.54) is 51.7 Å². The molecule has 0 bridgehead atoms. The molecular formula is C14H28N2O. The Morgan fingerprint density at radius 1 is 1.35 bits per heavy atom. The highest BCUT2D eigenvalue weighted by atomic mass is 16.5. The van der Waals surface area contributed by atoms with Crippen LogP contribution in [0.25, 0.3) is 0 Å². The lowest BCUT2D eigenvalue weighted by atomic mass is 10.00. The highest BCUT2D eigenvalue weighted by molar-refractivity contribution is 4.85. The summed E-state index contributed by atoms with van der Waals surface area (Å²) in [6, 6.07) is 0.712. The van der Waals surface area contributed by atoms with E-state index in [4.69, 9.17) is 4.74 Å². The lowest BCUT2D eigenvalue weighted by molar-refractivity contribution is 0.0168. The third-order valence-corrected chi connectivity index (χ3v) is 4.19. The van der Waals surface area contributed by atoms with E-state index >= 15 is 0 Å². The van der Waals surface area contributed by atoms with Gasteiger partial charge in [0.25, 0.3) is 0 Å². The van der Waals surface area contributed by atoms with Crippen molar-refractivity contribution in [3.05, 3.63) is 0 Å². The number of nitrogens with zero attached hydrogens (tertiary/aromatic N) is 1. The van der Waals surface area contributed by atoms with Crippen LogP contribution in [0.2, 0.25) is 0 Å².